The zero-order valence-electron chi connectivity index (χ0n) is 34.7. The third-order valence-electron chi connectivity index (χ3n) is 8.48. The number of ether oxygens (including phenoxy) is 3. The first-order valence-electron chi connectivity index (χ1n) is 20.3. The monoisotopic (exact) mass is 753 g/mol. The number of nitrogens with zero attached hydrogens (tertiary/aromatic N) is 2. The number of carbonyl (C=O) groups is 4. The summed E-state index contributed by atoms with van der Waals surface area (Å²) in [5.74, 6) is -1.04. The lowest BCUT2D eigenvalue weighted by atomic mass is 10.0. The third-order valence-corrected chi connectivity index (χ3v) is 8.48. The second kappa shape index (κ2) is 29.3. The van der Waals surface area contributed by atoms with E-state index >= 15 is 0 Å². The second-order valence-corrected chi connectivity index (χ2v) is 15.9. The van der Waals surface area contributed by atoms with E-state index < -0.39 is 17.2 Å². The molecule has 0 fully saturated rings. The number of carbonyl (C=O) groups excluding carboxylic acids is 3. The summed E-state index contributed by atoms with van der Waals surface area (Å²) < 4.78 is 16.9. The Morgan fingerprint density at radius 3 is 1.42 bits per heavy atom. The summed E-state index contributed by atoms with van der Waals surface area (Å²) >= 11 is 0. The highest BCUT2D eigenvalue weighted by molar-refractivity contribution is 5.70. The molecule has 0 aliphatic heterocycles. The molecule has 0 saturated carbocycles. The summed E-state index contributed by atoms with van der Waals surface area (Å²) in [6.07, 6.45) is 21.9. The average Bonchev–Trinajstić information content (AvgIpc) is 3.05. The Morgan fingerprint density at radius 1 is 0.604 bits per heavy atom. The molecular weight excluding hydrogens is 676 g/mol. The van der Waals surface area contributed by atoms with Gasteiger partial charge in [-0.15, -0.1) is 0 Å². The van der Waals surface area contributed by atoms with Crippen molar-refractivity contribution in [3.8, 4) is 0 Å². The zero-order valence-corrected chi connectivity index (χ0v) is 34.7. The number of unbranched alkanes of at least 4 members (excludes halogenated alkanes) is 6. The highest BCUT2D eigenvalue weighted by Crippen LogP contribution is 2.21. The Hall–Kier alpha value is -3.08. The van der Waals surface area contributed by atoms with Crippen molar-refractivity contribution in [2.45, 2.75) is 194 Å². The molecule has 11 heteroatoms. The Labute approximate surface area is 321 Å². The number of amides is 2. The van der Waals surface area contributed by atoms with Crippen molar-refractivity contribution < 1.29 is 43.6 Å². The summed E-state index contributed by atoms with van der Waals surface area (Å²) in [6, 6.07) is 0.0220. The molecule has 2 atom stereocenters. The summed E-state index contributed by atoms with van der Waals surface area (Å²) in [7, 11) is 0. The molecule has 0 rings (SSSR count). The van der Waals surface area contributed by atoms with Crippen LogP contribution in [-0.2, 0) is 23.8 Å². The zero-order chi connectivity index (χ0) is 40.1. The number of aliphatic hydroxyl groups excluding tert-OH is 1. The minimum Gasteiger partial charge on any atom is -0.481 e. The van der Waals surface area contributed by atoms with Crippen LogP contribution in [0.25, 0.3) is 0 Å². The van der Waals surface area contributed by atoms with Gasteiger partial charge in [-0.2, -0.15) is 0 Å². The molecule has 0 aromatic rings. The number of carboxylic acid groups (broad SMARTS) is 1. The van der Waals surface area contributed by atoms with Gasteiger partial charge in [-0.25, -0.2) is 9.59 Å². The first-order valence-corrected chi connectivity index (χ1v) is 20.3. The minimum absolute atomic E-state index is 0.0137. The van der Waals surface area contributed by atoms with Gasteiger partial charge in [-0.05, 0) is 119 Å². The van der Waals surface area contributed by atoms with E-state index in [1.165, 1.54) is 0 Å². The molecule has 0 aromatic carbocycles. The van der Waals surface area contributed by atoms with E-state index in [4.69, 9.17) is 19.3 Å². The van der Waals surface area contributed by atoms with Gasteiger partial charge in [-0.1, -0.05) is 63.8 Å². The first-order chi connectivity index (χ1) is 25.0. The van der Waals surface area contributed by atoms with E-state index in [1.807, 2.05) is 47.6 Å². The Kier molecular flexibility index (Phi) is 27.6. The van der Waals surface area contributed by atoms with Gasteiger partial charge in [0.2, 0.25) is 0 Å². The molecule has 0 heterocycles. The maximum Gasteiger partial charge on any atom is 0.410 e. The molecule has 0 aliphatic carbocycles. The molecule has 0 aromatic heterocycles. The lowest BCUT2D eigenvalue weighted by Gasteiger charge is -2.33. The predicted octanol–water partition coefficient (Wildman–Crippen LogP) is 9.99. The van der Waals surface area contributed by atoms with Crippen LogP contribution in [0, 0.1) is 0 Å². The van der Waals surface area contributed by atoms with Crippen LogP contribution in [0.5, 0.6) is 0 Å². The number of aliphatic carboxylic acids is 1. The molecule has 0 bridgehead atoms. The van der Waals surface area contributed by atoms with Crippen LogP contribution in [0.3, 0.4) is 0 Å². The lowest BCUT2D eigenvalue weighted by Crippen LogP contribution is -2.45. The second-order valence-electron chi connectivity index (χ2n) is 15.9. The molecule has 0 aliphatic rings. The maximum atomic E-state index is 13.2. The Bertz CT molecular complexity index is 1060. The first kappa shape index (κ1) is 49.9. The molecule has 53 heavy (non-hydrogen) atoms. The van der Waals surface area contributed by atoms with Gasteiger partial charge in [0, 0.05) is 31.5 Å². The quantitative estimate of drug-likeness (QED) is 0.0330. The number of allylic oxidation sites excluding steroid dienone is 4. The normalized spacial score (nSPS) is 13.2. The number of rotatable bonds is 29. The van der Waals surface area contributed by atoms with Crippen LogP contribution < -0.4 is 0 Å². The van der Waals surface area contributed by atoms with E-state index in [9.17, 15) is 24.3 Å². The van der Waals surface area contributed by atoms with Crippen molar-refractivity contribution >= 4 is 24.1 Å². The molecule has 2 N–H and O–H groups in total. The fourth-order valence-corrected chi connectivity index (χ4v) is 5.99. The standard InChI is InChI=1S/C42H76N2O9/c1-9-25-35(43(31-33-45)39(49)52-41(3,4)5)27-21-17-14-12-16-20-24-30-38(48)51-34-32-44(40(50)53-42(6,7)8)36(26-10-2)28-22-18-13-11-15-19-23-29-37(46)47/h11-12,15-16,35-36,45H,9-10,13-14,17-34H2,1-8H3,(H,46,47)/b15-11-,16-12-/t35-,36-/m0/s1. The van der Waals surface area contributed by atoms with Gasteiger partial charge in [-0.3, -0.25) is 9.59 Å². The SMILES string of the molecule is CCC[C@@H](CCCC/C=C\CCCC(=O)OCCN(C(=O)OC(C)(C)C)[C@@H](CCC)CCCC/C=C\CCCC(=O)O)N(CCO)C(=O)OC(C)(C)C. The molecule has 0 saturated heterocycles. The lowest BCUT2D eigenvalue weighted by molar-refractivity contribution is -0.144. The molecule has 0 unspecified atom stereocenters. The molecule has 0 radical (unpaired) electrons. The number of aliphatic hydroxyl groups is 1. The van der Waals surface area contributed by atoms with Crippen LogP contribution in [-0.4, -0.2) is 93.7 Å². The predicted molar refractivity (Wildman–Crippen MR) is 212 cm³/mol. The number of hydrogen-bond donors (Lipinski definition) is 2. The van der Waals surface area contributed by atoms with Gasteiger partial charge in [0.25, 0.3) is 0 Å². The fourth-order valence-electron chi connectivity index (χ4n) is 5.99. The fraction of sp³-hybridized carbons (Fsp3) is 0.810. The maximum absolute atomic E-state index is 13.2. The van der Waals surface area contributed by atoms with Crippen LogP contribution in [0.1, 0.15) is 171 Å². The summed E-state index contributed by atoms with van der Waals surface area (Å²) in [5, 5.41) is 18.3. The van der Waals surface area contributed by atoms with Crippen molar-refractivity contribution in [1.29, 1.82) is 0 Å². The van der Waals surface area contributed by atoms with Gasteiger partial charge < -0.3 is 34.2 Å². The van der Waals surface area contributed by atoms with Crippen molar-refractivity contribution in [3.63, 3.8) is 0 Å². The van der Waals surface area contributed by atoms with E-state index in [2.05, 4.69) is 32.1 Å². The molecule has 11 nitrogen and oxygen atoms in total. The molecule has 0 spiro atoms. The van der Waals surface area contributed by atoms with Crippen molar-refractivity contribution in [2.75, 3.05) is 26.3 Å². The Morgan fingerprint density at radius 2 is 1.02 bits per heavy atom. The summed E-state index contributed by atoms with van der Waals surface area (Å²) in [6.45, 7) is 15.9. The van der Waals surface area contributed by atoms with Crippen LogP contribution in [0.15, 0.2) is 24.3 Å². The van der Waals surface area contributed by atoms with Gasteiger partial charge in [0.15, 0.2) is 0 Å². The number of hydrogen-bond acceptors (Lipinski definition) is 8. The largest absolute Gasteiger partial charge is 0.481 e. The average molecular weight is 753 g/mol. The molecule has 308 valence electrons. The summed E-state index contributed by atoms with van der Waals surface area (Å²) in [4.78, 5) is 52.6. The smallest absolute Gasteiger partial charge is 0.410 e. The number of carboxylic acids is 1. The Balaban J connectivity index is 4.74. The van der Waals surface area contributed by atoms with Crippen LogP contribution >= 0.6 is 0 Å². The van der Waals surface area contributed by atoms with E-state index in [0.717, 1.165) is 89.9 Å². The highest BCUT2D eigenvalue weighted by Gasteiger charge is 2.29. The van der Waals surface area contributed by atoms with E-state index in [0.29, 0.717) is 19.3 Å². The van der Waals surface area contributed by atoms with Crippen molar-refractivity contribution in [3.05, 3.63) is 24.3 Å². The minimum atomic E-state index is -0.767. The number of esters is 1. The highest BCUT2D eigenvalue weighted by atomic mass is 16.6. The van der Waals surface area contributed by atoms with Crippen LogP contribution in [0.4, 0.5) is 9.59 Å². The van der Waals surface area contributed by atoms with Crippen molar-refractivity contribution in [2.24, 2.45) is 0 Å². The molecule has 2 amide bonds. The molecular formula is C42H76N2O9. The van der Waals surface area contributed by atoms with Gasteiger partial charge in [0.05, 0.1) is 13.2 Å². The van der Waals surface area contributed by atoms with E-state index in [1.54, 1.807) is 9.80 Å². The third kappa shape index (κ3) is 28.1. The van der Waals surface area contributed by atoms with Gasteiger partial charge in [0.1, 0.15) is 17.8 Å². The van der Waals surface area contributed by atoms with Crippen LogP contribution in [0.2, 0.25) is 0 Å². The topological polar surface area (TPSA) is 143 Å². The summed E-state index contributed by atoms with van der Waals surface area (Å²) in [5.41, 5.74) is -1.22. The van der Waals surface area contributed by atoms with Crippen molar-refractivity contribution in [1.82, 2.24) is 9.80 Å². The van der Waals surface area contributed by atoms with Gasteiger partial charge >= 0.3 is 24.1 Å². The van der Waals surface area contributed by atoms with E-state index in [-0.39, 0.29) is 63.0 Å².